The number of nitrogens with zero attached hydrogens (tertiary/aromatic N) is 1. The van der Waals surface area contributed by atoms with E-state index < -0.39 is 17.8 Å². The van der Waals surface area contributed by atoms with E-state index in [-0.39, 0.29) is 12.8 Å². The molecule has 0 aliphatic carbocycles. The largest absolute Gasteiger partial charge is 0.356 e. The Morgan fingerprint density at radius 3 is 2.65 bits per heavy atom. The van der Waals surface area contributed by atoms with Gasteiger partial charge < -0.3 is 4.84 Å². The standard InChI is InChI=1S/C11H9NO4S/c13-9-4-5-10(14)12(9)16-11(15)6-3-8-2-1-7-17-8/h1-3,6-7H,4-5H2. The van der Waals surface area contributed by atoms with E-state index >= 15 is 0 Å². The Balaban J connectivity index is 1.93. The van der Waals surface area contributed by atoms with Crippen LogP contribution in [0.2, 0.25) is 0 Å². The number of hydrogen-bond acceptors (Lipinski definition) is 5. The van der Waals surface area contributed by atoms with Crippen LogP contribution in [0.3, 0.4) is 0 Å². The van der Waals surface area contributed by atoms with Crippen LogP contribution in [0.15, 0.2) is 23.6 Å². The van der Waals surface area contributed by atoms with Crippen LogP contribution in [-0.2, 0) is 19.2 Å². The maximum atomic E-state index is 11.3. The van der Waals surface area contributed by atoms with E-state index in [0.717, 1.165) is 4.88 Å². The summed E-state index contributed by atoms with van der Waals surface area (Å²) in [4.78, 5) is 39.2. The zero-order chi connectivity index (χ0) is 12.3. The lowest BCUT2D eigenvalue weighted by Gasteiger charge is -2.10. The normalized spacial score (nSPS) is 15.9. The SMILES string of the molecule is O=C(C=Cc1cccs1)ON1C(=O)CCC1=O. The van der Waals surface area contributed by atoms with E-state index in [2.05, 4.69) is 4.84 Å². The Kier molecular flexibility index (Phi) is 3.34. The first-order chi connectivity index (χ1) is 8.16. The minimum absolute atomic E-state index is 0.0980. The molecule has 0 saturated carbocycles. The summed E-state index contributed by atoms with van der Waals surface area (Å²) in [6, 6.07) is 3.68. The summed E-state index contributed by atoms with van der Waals surface area (Å²) in [5, 5.41) is 2.40. The predicted molar refractivity (Wildman–Crippen MR) is 60.5 cm³/mol. The fraction of sp³-hybridized carbons (Fsp3) is 0.182. The van der Waals surface area contributed by atoms with Crippen molar-refractivity contribution in [3.8, 4) is 0 Å². The van der Waals surface area contributed by atoms with E-state index in [1.165, 1.54) is 17.4 Å². The third kappa shape index (κ3) is 2.79. The molecule has 17 heavy (non-hydrogen) atoms. The van der Waals surface area contributed by atoms with Crippen molar-refractivity contribution in [1.82, 2.24) is 5.06 Å². The Morgan fingerprint density at radius 1 is 1.35 bits per heavy atom. The maximum absolute atomic E-state index is 11.3. The first-order valence-corrected chi connectivity index (χ1v) is 5.84. The van der Waals surface area contributed by atoms with E-state index in [9.17, 15) is 14.4 Å². The van der Waals surface area contributed by atoms with Gasteiger partial charge in [-0.1, -0.05) is 6.07 Å². The van der Waals surface area contributed by atoms with Crippen molar-refractivity contribution in [2.45, 2.75) is 12.8 Å². The van der Waals surface area contributed by atoms with Crippen LogP contribution in [0.25, 0.3) is 6.08 Å². The molecule has 6 heteroatoms. The molecule has 1 fully saturated rings. The number of rotatable bonds is 3. The highest BCUT2D eigenvalue weighted by atomic mass is 32.1. The Hall–Kier alpha value is -1.95. The predicted octanol–water partition coefficient (Wildman–Crippen LogP) is 1.37. The minimum Gasteiger partial charge on any atom is -0.326 e. The van der Waals surface area contributed by atoms with Gasteiger partial charge in [-0.05, 0) is 17.5 Å². The van der Waals surface area contributed by atoms with Crippen LogP contribution in [0, 0.1) is 0 Å². The van der Waals surface area contributed by atoms with Crippen LogP contribution >= 0.6 is 11.3 Å². The summed E-state index contributed by atoms with van der Waals surface area (Å²) in [5.41, 5.74) is 0. The molecular formula is C11H9NO4S. The van der Waals surface area contributed by atoms with Crippen molar-refractivity contribution in [2.24, 2.45) is 0 Å². The molecule has 1 aliphatic rings. The fourth-order valence-corrected chi connectivity index (χ4v) is 1.93. The average Bonchev–Trinajstić information content (AvgIpc) is 2.91. The first kappa shape index (κ1) is 11.5. The van der Waals surface area contributed by atoms with Gasteiger partial charge in [-0.25, -0.2) is 4.79 Å². The fourth-order valence-electron chi connectivity index (χ4n) is 1.31. The highest BCUT2D eigenvalue weighted by molar-refractivity contribution is 7.10. The first-order valence-electron chi connectivity index (χ1n) is 4.96. The molecule has 0 N–H and O–H groups in total. The van der Waals surface area contributed by atoms with E-state index in [1.54, 1.807) is 6.08 Å². The summed E-state index contributed by atoms with van der Waals surface area (Å²) in [6.07, 6.45) is 2.95. The lowest BCUT2D eigenvalue weighted by Crippen LogP contribution is -2.31. The molecule has 0 spiro atoms. The molecule has 0 radical (unpaired) electrons. The van der Waals surface area contributed by atoms with Gasteiger partial charge in [-0.3, -0.25) is 9.59 Å². The number of hydroxylamine groups is 2. The quantitative estimate of drug-likeness (QED) is 0.601. The molecule has 2 heterocycles. The lowest BCUT2D eigenvalue weighted by atomic mass is 10.4. The van der Waals surface area contributed by atoms with Gasteiger partial charge in [0.25, 0.3) is 11.8 Å². The van der Waals surface area contributed by atoms with E-state index in [1.807, 2.05) is 17.5 Å². The van der Waals surface area contributed by atoms with Gasteiger partial charge in [-0.2, -0.15) is 0 Å². The van der Waals surface area contributed by atoms with Crippen LogP contribution in [0.5, 0.6) is 0 Å². The van der Waals surface area contributed by atoms with Crippen molar-refractivity contribution in [3.05, 3.63) is 28.5 Å². The van der Waals surface area contributed by atoms with Gasteiger partial charge in [-0.15, -0.1) is 16.4 Å². The molecule has 0 aromatic carbocycles. The molecule has 1 aromatic heterocycles. The monoisotopic (exact) mass is 251 g/mol. The number of hydrogen-bond donors (Lipinski definition) is 0. The van der Waals surface area contributed by atoms with Gasteiger partial charge in [0, 0.05) is 23.8 Å². The van der Waals surface area contributed by atoms with Crippen molar-refractivity contribution in [2.75, 3.05) is 0 Å². The van der Waals surface area contributed by atoms with Crippen molar-refractivity contribution < 1.29 is 19.2 Å². The highest BCUT2D eigenvalue weighted by Gasteiger charge is 2.32. The molecule has 88 valence electrons. The number of carbonyl (C=O) groups is 3. The van der Waals surface area contributed by atoms with E-state index in [0.29, 0.717) is 5.06 Å². The number of thiophene rings is 1. The molecular weight excluding hydrogens is 242 g/mol. The van der Waals surface area contributed by atoms with Gasteiger partial charge in [0.15, 0.2) is 0 Å². The zero-order valence-electron chi connectivity index (χ0n) is 8.79. The van der Waals surface area contributed by atoms with Gasteiger partial charge in [0.05, 0.1) is 0 Å². The minimum atomic E-state index is -0.734. The topological polar surface area (TPSA) is 63.7 Å². The average molecular weight is 251 g/mol. The molecule has 1 aliphatic heterocycles. The number of imide groups is 1. The lowest BCUT2D eigenvalue weighted by molar-refractivity contribution is -0.193. The summed E-state index contributed by atoms with van der Waals surface area (Å²) >= 11 is 1.47. The number of carbonyl (C=O) groups excluding carboxylic acids is 3. The molecule has 0 unspecified atom stereocenters. The van der Waals surface area contributed by atoms with Gasteiger partial charge in [0.2, 0.25) is 0 Å². The molecule has 1 aromatic rings. The van der Waals surface area contributed by atoms with Crippen LogP contribution in [0.4, 0.5) is 0 Å². The van der Waals surface area contributed by atoms with E-state index in [4.69, 9.17) is 0 Å². The maximum Gasteiger partial charge on any atom is 0.356 e. The van der Waals surface area contributed by atoms with Crippen LogP contribution in [0.1, 0.15) is 17.7 Å². The highest BCUT2D eigenvalue weighted by Crippen LogP contribution is 2.13. The summed E-state index contributed by atoms with van der Waals surface area (Å²) in [6.45, 7) is 0. The Bertz CT molecular complexity index is 462. The van der Waals surface area contributed by atoms with Crippen molar-refractivity contribution in [3.63, 3.8) is 0 Å². The third-order valence-electron chi connectivity index (χ3n) is 2.11. The molecule has 5 nitrogen and oxygen atoms in total. The summed E-state index contributed by atoms with van der Waals surface area (Å²) in [5.74, 6) is -1.69. The second-order valence-electron chi connectivity index (χ2n) is 3.34. The molecule has 0 bridgehead atoms. The van der Waals surface area contributed by atoms with Gasteiger partial charge in [0.1, 0.15) is 0 Å². The molecule has 1 saturated heterocycles. The van der Waals surface area contributed by atoms with Crippen LogP contribution in [-0.4, -0.2) is 22.8 Å². The summed E-state index contributed by atoms with van der Waals surface area (Å²) < 4.78 is 0. The molecule has 0 atom stereocenters. The third-order valence-corrected chi connectivity index (χ3v) is 2.95. The molecule has 2 amide bonds. The Morgan fingerprint density at radius 2 is 2.06 bits per heavy atom. The van der Waals surface area contributed by atoms with Crippen LogP contribution < -0.4 is 0 Å². The Labute approximate surface area is 101 Å². The zero-order valence-corrected chi connectivity index (χ0v) is 9.61. The molecule has 2 rings (SSSR count). The smallest absolute Gasteiger partial charge is 0.326 e. The van der Waals surface area contributed by atoms with Gasteiger partial charge >= 0.3 is 5.97 Å². The summed E-state index contributed by atoms with van der Waals surface area (Å²) in [7, 11) is 0. The second kappa shape index (κ2) is 4.92. The number of amides is 2. The second-order valence-corrected chi connectivity index (χ2v) is 4.32. The van der Waals surface area contributed by atoms with Crippen molar-refractivity contribution in [1.29, 1.82) is 0 Å². The van der Waals surface area contributed by atoms with Crippen molar-refractivity contribution >= 4 is 35.2 Å².